The zero-order chi connectivity index (χ0) is 9.68. The highest BCUT2D eigenvalue weighted by Gasteiger charge is 1.99. The molecule has 0 unspecified atom stereocenters. The fourth-order valence-electron chi connectivity index (χ4n) is 1.34. The molecule has 2 nitrogen and oxygen atoms in total. The molecular weight excluding hydrogens is 164 g/mol. The molecule has 0 radical (unpaired) electrons. The minimum atomic E-state index is -1.24. The Labute approximate surface area is 78.8 Å². The highest BCUT2D eigenvalue weighted by Crippen LogP contribution is 2.07. The van der Waals surface area contributed by atoms with Crippen molar-refractivity contribution in [2.75, 3.05) is 0 Å². The molecule has 0 atom stereocenters. The molecular formula is C11H16O2. The Hall–Kier alpha value is -0.860. The van der Waals surface area contributed by atoms with Crippen molar-refractivity contribution in [2.24, 2.45) is 0 Å². The summed E-state index contributed by atoms with van der Waals surface area (Å²) >= 11 is 0. The molecule has 1 rings (SSSR count). The van der Waals surface area contributed by atoms with E-state index in [-0.39, 0.29) is 0 Å². The zero-order valence-electron chi connectivity index (χ0n) is 7.90. The van der Waals surface area contributed by atoms with E-state index < -0.39 is 6.29 Å². The van der Waals surface area contributed by atoms with Gasteiger partial charge in [-0.3, -0.25) is 0 Å². The summed E-state index contributed by atoms with van der Waals surface area (Å²) in [5, 5.41) is 17.5. The maximum absolute atomic E-state index is 8.73. The van der Waals surface area contributed by atoms with Crippen LogP contribution in [0.1, 0.15) is 24.5 Å². The molecule has 0 saturated carbocycles. The molecule has 0 heterocycles. The van der Waals surface area contributed by atoms with Crippen LogP contribution >= 0.6 is 0 Å². The molecule has 1 aromatic rings. The summed E-state index contributed by atoms with van der Waals surface area (Å²) in [4.78, 5) is 0. The Bertz CT molecular complexity index is 239. The smallest absolute Gasteiger partial charge is 0.155 e. The quantitative estimate of drug-likeness (QED) is 0.689. The Kier molecular flexibility index (Phi) is 3.93. The van der Waals surface area contributed by atoms with E-state index in [1.54, 1.807) is 0 Å². The first kappa shape index (κ1) is 10.2. The van der Waals surface area contributed by atoms with Crippen LogP contribution in [0.15, 0.2) is 24.3 Å². The summed E-state index contributed by atoms with van der Waals surface area (Å²) < 4.78 is 0. The van der Waals surface area contributed by atoms with Crippen molar-refractivity contribution in [2.45, 2.75) is 32.5 Å². The van der Waals surface area contributed by atoms with E-state index in [1.807, 2.05) is 24.3 Å². The second-order valence-corrected chi connectivity index (χ2v) is 3.25. The third-order valence-electron chi connectivity index (χ3n) is 1.98. The molecule has 0 saturated heterocycles. The van der Waals surface area contributed by atoms with Crippen LogP contribution in [-0.2, 0) is 12.8 Å². The van der Waals surface area contributed by atoms with Crippen molar-refractivity contribution < 1.29 is 10.2 Å². The molecule has 0 aliphatic rings. The minimum Gasteiger partial charge on any atom is -0.368 e. The lowest BCUT2D eigenvalue weighted by Gasteiger charge is -2.04. The van der Waals surface area contributed by atoms with E-state index in [9.17, 15) is 0 Å². The number of aliphatic hydroxyl groups excluding tert-OH is 1. The van der Waals surface area contributed by atoms with Gasteiger partial charge < -0.3 is 10.2 Å². The van der Waals surface area contributed by atoms with Crippen molar-refractivity contribution in [1.82, 2.24) is 0 Å². The first-order valence-corrected chi connectivity index (χ1v) is 4.66. The van der Waals surface area contributed by atoms with Gasteiger partial charge in [0.1, 0.15) is 0 Å². The summed E-state index contributed by atoms with van der Waals surface area (Å²) in [6, 6.07) is 7.98. The average Bonchev–Trinajstić information content (AvgIpc) is 2.08. The number of rotatable bonds is 4. The summed E-state index contributed by atoms with van der Waals surface area (Å²) in [5.41, 5.74) is 2.27. The highest BCUT2D eigenvalue weighted by atomic mass is 16.5. The number of hydrogen-bond acceptors (Lipinski definition) is 2. The highest BCUT2D eigenvalue weighted by molar-refractivity contribution is 5.22. The molecule has 0 aliphatic heterocycles. The summed E-state index contributed by atoms with van der Waals surface area (Å²) in [7, 11) is 0. The average molecular weight is 180 g/mol. The van der Waals surface area contributed by atoms with Crippen molar-refractivity contribution in [3.8, 4) is 0 Å². The molecule has 72 valence electrons. The third-order valence-corrected chi connectivity index (χ3v) is 1.98. The van der Waals surface area contributed by atoms with Crippen molar-refractivity contribution in [3.63, 3.8) is 0 Å². The molecule has 0 fully saturated rings. The Balaban J connectivity index is 2.59. The number of aliphatic hydroxyl groups is 2. The van der Waals surface area contributed by atoms with Crippen LogP contribution in [-0.4, -0.2) is 16.5 Å². The van der Waals surface area contributed by atoms with Gasteiger partial charge in [-0.25, -0.2) is 0 Å². The van der Waals surface area contributed by atoms with Gasteiger partial charge in [-0.1, -0.05) is 37.6 Å². The molecule has 0 spiro atoms. The maximum Gasteiger partial charge on any atom is 0.155 e. The fraction of sp³-hybridized carbons (Fsp3) is 0.455. The second-order valence-electron chi connectivity index (χ2n) is 3.25. The molecule has 0 amide bonds. The van der Waals surface area contributed by atoms with E-state index in [4.69, 9.17) is 10.2 Å². The summed E-state index contributed by atoms with van der Waals surface area (Å²) in [5.74, 6) is 0. The van der Waals surface area contributed by atoms with Crippen LogP contribution in [0.25, 0.3) is 0 Å². The van der Waals surface area contributed by atoms with Gasteiger partial charge in [-0.05, 0) is 17.5 Å². The largest absolute Gasteiger partial charge is 0.368 e. The third kappa shape index (κ3) is 3.57. The fourth-order valence-corrected chi connectivity index (χ4v) is 1.34. The molecule has 2 N–H and O–H groups in total. The SMILES string of the molecule is CCCc1ccc(CC(O)O)cc1. The number of benzene rings is 1. The van der Waals surface area contributed by atoms with Gasteiger partial charge in [0, 0.05) is 6.42 Å². The van der Waals surface area contributed by atoms with Crippen LogP contribution in [0.3, 0.4) is 0 Å². The van der Waals surface area contributed by atoms with Gasteiger partial charge >= 0.3 is 0 Å². The first-order chi connectivity index (χ1) is 6.22. The van der Waals surface area contributed by atoms with Gasteiger partial charge in [0.2, 0.25) is 0 Å². The summed E-state index contributed by atoms with van der Waals surface area (Å²) in [6.07, 6.45) is 1.30. The van der Waals surface area contributed by atoms with E-state index in [2.05, 4.69) is 6.92 Å². The molecule has 0 aromatic heterocycles. The van der Waals surface area contributed by atoms with E-state index in [0.29, 0.717) is 6.42 Å². The monoisotopic (exact) mass is 180 g/mol. The van der Waals surface area contributed by atoms with E-state index >= 15 is 0 Å². The maximum atomic E-state index is 8.73. The van der Waals surface area contributed by atoms with Crippen LogP contribution in [0.2, 0.25) is 0 Å². The topological polar surface area (TPSA) is 40.5 Å². The van der Waals surface area contributed by atoms with E-state index in [1.165, 1.54) is 5.56 Å². The predicted octanol–water partition coefficient (Wildman–Crippen LogP) is 1.49. The van der Waals surface area contributed by atoms with Crippen LogP contribution < -0.4 is 0 Å². The molecule has 2 heteroatoms. The number of aryl methyl sites for hydroxylation is 1. The van der Waals surface area contributed by atoms with Gasteiger partial charge in [0.15, 0.2) is 6.29 Å². The predicted molar refractivity (Wildman–Crippen MR) is 52.4 cm³/mol. The van der Waals surface area contributed by atoms with Crippen LogP contribution in [0.4, 0.5) is 0 Å². The van der Waals surface area contributed by atoms with Gasteiger partial charge in [0.25, 0.3) is 0 Å². The van der Waals surface area contributed by atoms with Gasteiger partial charge in [0.05, 0.1) is 0 Å². The van der Waals surface area contributed by atoms with Crippen molar-refractivity contribution in [3.05, 3.63) is 35.4 Å². The van der Waals surface area contributed by atoms with Crippen LogP contribution in [0.5, 0.6) is 0 Å². The normalized spacial score (nSPS) is 10.8. The van der Waals surface area contributed by atoms with Crippen molar-refractivity contribution >= 4 is 0 Å². The zero-order valence-corrected chi connectivity index (χ0v) is 7.90. The van der Waals surface area contributed by atoms with Crippen LogP contribution in [0, 0.1) is 0 Å². The van der Waals surface area contributed by atoms with Gasteiger partial charge in [-0.2, -0.15) is 0 Å². The van der Waals surface area contributed by atoms with Gasteiger partial charge in [-0.15, -0.1) is 0 Å². The summed E-state index contributed by atoms with van der Waals surface area (Å²) in [6.45, 7) is 2.14. The Morgan fingerprint density at radius 3 is 2.08 bits per heavy atom. The Morgan fingerprint density at radius 2 is 1.62 bits per heavy atom. The lowest BCUT2D eigenvalue weighted by Crippen LogP contribution is -2.07. The molecule has 0 bridgehead atoms. The lowest BCUT2D eigenvalue weighted by molar-refractivity contribution is -0.0381. The Morgan fingerprint density at radius 1 is 1.08 bits per heavy atom. The molecule has 1 aromatic carbocycles. The molecule has 13 heavy (non-hydrogen) atoms. The second kappa shape index (κ2) is 5.00. The number of hydrogen-bond donors (Lipinski definition) is 2. The lowest BCUT2D eigenvalue weighted by atomic mass is 10.1. The van der Waals surface area contributed by atoms with Crippen molar-refractivity contribution in [1.29, 1.82) is 0 Å². The minimum absolute atomic E-state index is 0.312. The standard InChI is InChI=1S/C11H16O2/c1-2-3-9-4-6-10(7-5-9)8-11(12)13/h4-7,11-13H,2-3,8H2,1H3. The van der Waals surface area contributed by atoms with E-state index in [0.717, 1.165) is 18.4 Å². The first-order valence-electron chi connectivity index (χ1n) is 4.66. The molecule has 0 aliphatic carbocycles.